The first kappa shape index (κ1) is 20.4. The third kappa shape index (κ3) is 15.6. The van der Waals surface area contributed by atoms with Crippen molar-refractivity contribution in [2.45, 2.75) is 84.2 Å². The lowest BCUT2D eigenvalue weighted by Gasteiger charge is -2.10. The van der Waals surface area contributed by atoms with E-state index in [1.165, 1.54) is 32.1 Å². The van der Waals surface area contributed by atoms with Gasteiger partial charge >= 0.3 is 5.97 Å². The van der Waals surface area contributed by atoms with E-state index >= 15 is 0 Å². The molecule has 0 aliphatic heterocycles. The maximum Gasteiger partial charge on any atom is 0.305 e. The number of aliphatic hydroxyl groups is 1. The van der Waals surface area contributed by atoms with Crippen molar-refractivity contribution < 1.29 is 14.6 Å². The van der Waals surface area contributed by atoms with E-state index < -0.39 is 0 Å². The first-order valence-electron chi connectivity index (χ1n) is 8.75. The van der Waals surface area contributed by atoms with E-state index in [-0.39, 0.29) is 12.1 Å². The van der Waals surface area contributed by atoms with Gasteiger partial charge in [-0.05, 0) is 25.8 Å². The van der Waals surface area contributed by atoms with Gasteiger partial charge in [0.1, 0.15) is 6.61 Å². The number of rotatable bonds is 15. The Kier molecular flexibility index (Phi) is 15.3. The molecular formula is C17H35NO3. The number of hydrogen-bond acceptors (Lipinski definition) is 4. The van der Waals surface area contributed by atoms with E-state index in [1.807, 2.05) is 0 Å². The van der Waals surface area contributed by atoms with Gasteiger partial charge in [-0.1, -0.05) is 52.4 Å². The molecule has 1 atom stereocenters. The number of nitrogens with one attached hydrogen (secondary N) is 1. The molecule has 1 unspecified atom stereocenters. The van der Waals surface area contributed by atoms with Crippen molar-refractivity contribution in [2.24, 2.45) is 0 Å². The Bertz CT molecular complexity index is 234. The average Bonchev–Trinajstić information content (AvgIpc) is 2.48. The van der Waals surface area contributed by atoms with Gasteiger partial charge in [-0.2, -0.15) is 0 Å². The van der Waals surface area contributed by atoms with Crippen LogP contribution < -0.4 is 5.32 Å². The first-order chi connectivity index (χ1) is 10.2. The zero-order valence-corrected chi connectivity index (χ0v) is 14.0. The van der Waals surface area contributed by atoms with Gasteiger partial charge in [0.25, 0.3) is 0 Å². The van der Waals surface area contributed by atoms with E-state index in [1.54, 1.807) is 0 Å². The summed E-state index contributed by atoms with van der Waals surface area (Å²) in [7, 11) is 0. The number of carbonyl (C=O) groups is 1. The van der Waals surface area contributed by atoms with Crippen molar-refractivity contribution in [2.75, 3.05) is 19.7 Å². The van der Waals surface area contributed by atoms with Crippen LogP contribution in [0.4, 0.5) is 0 Å². The lowest BCUT2D eigenvalue weighted by molar-refractivity contribution is -0.144. The Hall–Kier alpha value is -0.610. The number of aliphatic hydroxyl groups excluding tert-OH is 1. The summed E-state index contributed by atoms with van der Waals surface area (Å²) in [5.41, 5.74) is 0. The fourth-order valence-electron chi connectivity index (χ4n) is 2.15. The second kappa shape index (κ2) is 15.8. The highest BCUT2D eigenvalue weighted by Gasteiger charge is 2.09. The monoisotopic (exact) mass is 301 g/mol. The molecule has 0 radical (unpaired) electrons. The van der Waals surface area contributed by atoms with E-state index in [2.05, 4.69) is 19.2 Å². The van der Waals surface area contributed by atoms with Crippen LogP contribution in [-0.4, -0.2) is 36.9 Å². The molecule has 0 aromatic carbocycles. The molecular weight excluding hydrogens is 266 g/mol. The molecule has 0 amide bonds. The van der Waals surface area contributed by atoms with Crippen LogP contribution in [-0.2, 0) is 9.53 Å². The summed E-state index contributed by atoms with van der Waals surface area (Å²) in [6, 6.07) is 0. The summed E-state index contributed by atoms with van der Waals surface area (Å²) in [4.78, 5) is 11.5. The molecule has 21 heavy (non-hydrogen) atoms. The molecule has 2 N–H and O–H groups in total. The average molecular weight is 301 g/mol. The van der Waals surface area contributed by atoms with Crippen LogP contribution in [0.3, 0.4) is 0 Å². The van der Waals surface area contributed by atoms with E-state index in [0.717, 1.165) is 25.8 Å². The number of esters is 1. The van der Waals surface area contributed by atoms with Crippen molar-refractivity contribution in [1.29, 1.82) is 0 Å². The van der Waals surface area contributed by atoms with Gasteiger partial charge in [0, 0.05) is 13.0 Å². The molecule has 0 aliphatic rings. The van der Waals surface area contributed by atoms with Crippen LogP contribution in [0.1, 0.15) is 78.1 Å². The highest BCUT2D eigenvalue weighted by atomic mass is 16.5. The van der Waals surface area contributed by atoms with Gasteiger partial charge in [-0.3, -0.25) is 4.79 Å². The summed E-state index contributed by atoms with van der Waals surface area (Å²) in [6.07, 6.45) is 9.60. The number of hydrogen-bond donors (Lipinski definition) is 2. The molecule has 0 fully saturated rings. The summed E-state index contributed by atoms with van der Waals surface area (Å²) in [5, 5.41) is 13.0. The van der Waals surface area contributed by atoms with Crippen LogP contribution in [0.25, 0.3) is 0 Å². The van der Waals surface area contributed by atoms with Crippen molar-refractivity contribution in [3.63, 3.8) is 0 Å². The summed E-state index contributed by atoms with van der Waals surface area (Å²) in [6.45, 7) is 6.46. The molecule has 4 nitrogen and oxygen atoms in total. The SMILES string of the molecule is CCCCCCCC(O)CCC(=O)OCCNCCCC. The molecule has 4 heteroatoms. The molecule has 0 aromatic heterocycles. The standard InChI is InChI=1S/C17H35NO3/c1-3-5-7-8-9-10-16(19)11-12-17(20)21-15-14-18-13-6-4-2/h16,18-19H,3-15H2,1-2H3. The molecule has 0 saturated carbocycles. The van der Waals surface area contributed by atoms with Crippen LogP contribution in [0.15, 0.2) is 0 Å². The predicted octanol–water partition coefficient (Wildman–Crippen LogP) is 3.42. The minimum absolute atomic E-state index is 0.197. The predicted molar refractivity (Wildman–Crippen MR) is 87.4 cm³/mol. The molecule has 0 aromatic rings. The Morgan fingerprint density at radius 1 is 1.00 bits per heavy atom. The van der Waals surface area contributed by atoms with Gasteiger partial charge in [0.2, 0.25) is 0 Å². The maximum absolute atomic E-state index is 11.5. The Balaban J connectivity index is 3.34. The van der Waals surface area contributed by atoms with Gasteiger partial charge < -0.3 is 15.2 Å². The van der Waals surface area contributed by atoms with Gasteiger partial charge in [-0.15, -0.1) is 0 Å². The van der Waals surface area contributed by atoms with Crippen molar-refractivity contribution in [3.05, 3.63) is 0 Å². The molecule has 0 aliphatic carbocycles. The lowest BCUT2D eigenvalue weighted by atomic mass is 10.1. The Morgan fingerprint density at radius 2 is 1.71 bits per heavy atom. The van der Waals surface area contributed by atoms with Gasteiger partial charge in [0.05, 0.1) is 6.10 Å². The smallest absolute Gasteiger partial charge is 0.305 e. The lowest BCUT2D eigenvalue weighted by Crippen LogP contribution is -2.22. The third-order valence-corrected chi connectivity index (χ3v) is 3.57. The van der Waals surface area contributed by atoms with Gasteiger partial charge in [-0.25, -0.2) is 0 Å². The maximum atomic E-state index is 11.5. The molecule has 0 heterocycles. The highest BCUT2D eigenvalue weighted by molar-refractivity contribution is 5.69. The third-order valence-electron chi connectivity index (χ3n) is 3.57. The van der Waals surface area contributed by atoms with Crippen molar-refractivity contribution in [3.8, 4) is 0 Å². The van der Waals surface area contributed by atoms with Crippen LogP contribution in [0.5, 0.6) is 0 Å². The normalized spacial score (nSPS) is 12.3. The van der Waals surface area contributed by atoms with Crippen LogP contribution in [0, 0.1) is 0 Å². The zero-order valence-electron chi connectivity index (χ0n) is 14.0. The summed E-state index contributed by atoms with van der Waals surface area (Å²) in [5.74, 6) is -0.197. The first-order valence-corrected chi connectivity index (χ1v) is 8.75. The fraction of sp³-hybridized carbons (Fsp3) is 0.941. The molecule has 0 rings (SSSR count). The minimum Gasteiger partial charge on any atom is -0.464 e. The number of unbranched alkanes of at least 4 members (excludes halogenated alkanes) is 5. The molecule has 0 spiro atoms. The molecule has 126 valence electrons. The molecule has 0 bridgehead atoms. The Morgan fingerprint density at radius 3 is 2.43 bits per heavy atom. The summed E-state index contributed by atoms with van der Waals surface area (Å²) >= 11 is 0. The fourth-order valence-corrected chi connectivity index (χ4v) is 2.15. The van der Waals surface area contributed by atoms with Crippen LogP contribution in [0.2, 0.25) is 0 Å². The second-order valence-electron chi connectivity index (χ2n) is 5.72. The highest BCUT2D eigenvalue weighted by Crippen LogP contribution is 2.10. The quantitative estimate of drug-likeness (QED) is 0.359. The van der Waals surface area contributed by atoms with E-state index in [9.17, 15) is 9.90 Å². The minimum atomic E-state index is -0.359. The van der Waals surface area contributed by atoms with Crippen molar-refractivity contribution in [1.82, 2.24) is 5.32 Å². The van der Waals surface area contributed by atoms with E-state index in [0.29, 0.717) is 26.0 Å². The zero-order chi connectivity index (χ0) is 15.8. The van der Waals surface area contributed by atoms with Gasteiger partial charge in [0.15, 0.2) is 0 Å². The molecule has 0 saturated heterocycles. The number of ether oxygens (including phenoxy) is 1. The second-order valence-corrected chi connectivity index (χ2v) is 5.72. The van der Waals surface area contributed by atoms with E-state index in [4.69, 9.17) is 4.74 Å². The summed E-state index contributed by atoms with van der Waals surface area (Å²) < 4.78 is 5.12. The number of carbonyl (C=O) groups excluding carboxylic acids is 1. The van der Waals surface area contributed by atoms with Crippen LogP contribution >= 0.6 is 0 Å². The largest absolute Gasteiger partial charge is 0.464 e. The van der Waals surface area contributed by atoms with Crippen molar-refractivity contribution >= 4 is 5.97 Å². The Labute approximate surface area is 130 Å². The topological polar surface area (TPSA) is 58.6 Å².